The Balaban J connectivity index is 0.00000156. The molecule has 0 aliphatic rings. The van der Waals surface area contributed by atoms with Crippen LogP contribution in [0.2, 0.25) is 0 Å². The molecule has 7 N–H and O–H groups in total. The first-order valence-electron chi connectivity index (χ1n) is 27.7. The third-order valence-electron chi connectivity index (χ3n) is 12.3. The van der Waals surface area contributed by atoms with E-state index in [1.165, 1.54) is 18.1 Å². The molecule has 31 heteroatoms. The molecule has 0 saturated heterocycles. The summed E-state index contributed by atoms with van der Waals surface area (Å²) in [6.45, 7) is 9.22. The van der Waals surface area contributed by atoms with Crippen LogP contribution >= 0.6 is 11.8 Å². The van der Waals surface area contributed by atoms with Crippen molar-refractivity contribution in [1.82, 2.24) is 37.2 Å². The molecule has 0 heterocycles. The van der Waals surface area contributed by atoms with Crippen LogP contribution < -0.4 is 70.6 Å². The molecule has 0 saturated carbocycles. The normalized spacial score (nSPS) is 11.0. The number of nitrogens with zero attached hydrogens (tertiary/aromatic N) is 3. The molecule has 0 bridgehead atoms. The molecule has 4 aromatic carbocycles. The Kier molecular flexibility index (Phi) is 44.6. The fourth-order valence-electron chi connectivity index (χ4n) is 7.62. The molecule has 0 aliphatic carbocycles. The molecule has 481 valence electrons. The third-order valence-corrected chi connectivity index (χ3v) is 13.4. The number of unbranched alkanes of at least 4 members (excludes halogenated alkanes) is 6. The maximum atomic E-state index is 12.6. The van der Waals surface area contributed by atoms with Crippen LogP contribution in [-0.2, 0) is 114 Å². The van der Waals surface area contributed by atoms with Gasteiger partial charge in [-0.2, -0.15) is 0 Å². The number of carbonyl (C=O) groups excluding carboxylic acids is 11. The van der Waals surface area contributed by atoms with Crippen LogP contribution in [0.25, 0.3) is 37.5 Å². The molecule has 0 radical (unpaired) electrons. The van der Waals surface area contributed by atoms with Gasteiger partial charge in [0, 0.05) is 50.8 Å². The van der Waals surface area contributed by atoms with Crippen molar-refractivity contribution in [3.8, 4) is 0 Å². The molecule has 10 amide bonds. The number of thioether (sulfide) groups is 1. The van der Waals surface area contributed by atoms with Gasteiger partial charge < -0.3 is 80.2 Å². The summed E-state index contributed by atoms with van der Waals surface area (Å²) in [6.07, 6.45) is 6.79. The van der Waals surface area contributed by atoms with Gasteiger partial charge in [0.1, 0.15) is 0 Å². The first-order chi connectivity index (χ1) is 41.7. The summed E-state index contributed by atoms with van der Waals surface area (Å²) in [4.78, 5) is 129. The Morgan fingerprint density at radius 2 is 0.809 bits per heavy atom. The first kappa shape index (κ1) is 82.9. The standard InChI is InChI=1S/C30H41N5O6S.C28H39N5O5S.Na.5O.2Tc/c1-20-8-9-25-15-23(10-11-24(25)14-20)21(2)30(41)32-13-7-5-4-6-12-31-26(37)16-33-27(38)17-34-28(39)18-35-29(40)19-42-22(3)36;1-19-7-8-23-14-21(9-10-22(23)13-19)20(2)28(38)30-12-6-4-3-5-11-29-24(34)15-31-25(35)16-32-26(36)17-33-27(37)18-39;;;;;;;;/h8-11,14-15,21H,4-7,12-13,16-19H2,1-3H3,(H,31,37)(H,32,41)(H,33,38)(H,34,39)(H,35,40);7-10,13-14,20H,3-6,11-12,15-18H2,1-2H3,(H6,29,30,31,32,33,34,35,36,37,38,39);;;;;;;;/q;;+1;;;;;-1;+4;/p-4/t21-;20-;;;;;;;;/m00......../s1/i;;;;;;;;1+1;. The summed E-state index contributed by atoms with van der Waals surface area (Å²) in [5.74, 6) is -5.10. The van der Waals surface area contributed by atoms with Crippen molar-refractivity contribution in [2.24, 2.45) is 0 Å². The van der Waals surface area contributed by atoms with E-state index in [1.807, 2.05) is 26.0 Å². The fraction of sp³-hybridized carbons (Fsp3) is 0.466. The van der Waals surface area contributed by atoms with Gasteiger partial charge >= 0.3 is 81.8 Å². The van der Waals surface area contributed by atoms with Gasteiger partial charge in [-0.1, -0.05) is 134 Å². The number of carbonyl (C=O) groups is 11. The Bertz CT molecular complexity index is 3170. The average molecular weight is 1450 g/mol. The number of hydrogen-bond donors (Lipinski definition) is 7. The van der Waals surface area contributed by atoms with Gasteiger partial charge in [-0.05, 0) is 92.6 Å². The van der Waals surface area contributed by atoms with Crippen molar-refractivity contribution >= 4 is 110 Å². The Labute approximate surface area is 563 Å². The van der Waals surface area contributed by atoms with Crippen LogP contribution in [0.5, 0.6) is 0 Å². The minimum absolute atomic E-state index is 0. The second-order valence-electron chi connectivity index (χ2n) is 19.5. The van der Waals surface area contributed by atoms with Gasteiger partial charge in [-0.25, -0.2) is 0 Å². The van der Waals surface area contributed by atoms with Crippen LogP contribution in [0.3, 0.4) is 0 Å². The SMILES string of the molecule is CC(=O)SCC(=O)NCC(=O)NCC(=O)NCC(=O)NCCCCCCNC(=O)[C@@H](C)c1ccc2cc(C)ccc2c1.Cc1ccc2cc([C@H](C)C(=O)NCCCCCCNC(=O)C[N-]C(=O)C[N-]C(=O)C[N-]C(=O)C[S-])ccc2c1.[Na+].[O]=[99Tc+4].[O]=[Tc](=[O])(=[O])[O-]. The van der Waals surface area contributed by atoms with Crippen molar-refractivity contribution in [2.45, 2.75) is 97.8 Å². The second kappa shape index (κ2) is 47.8. The number of hydrogen-bond acceptors (Lipinski definition) is 18. The van der Waals surface area contributed by atoms with E-state index in [-0.39, 0.29) is 102 Å². The van der Waals surface area contributed by atoms with Gasteiger partial charge in [0.15, 0.2) is 5.12 Å². The summed E-state index contributed by atoms with van der Waals surface area (Å²) in [6, 6.07) is 24.8. The molecule has 0 unspecified atom stereocenters. The topological polar surface area (TPSA) is 406 Å². The molecule has 4 rings (SSSR count). The maximum absolute atomic E-state index is 12.6. The van der Waals surface area contributed by atoms with E-state index in [1.54, 1.807) is 0 Å². The predicted molar refractivity (Wildman–Crippen MR) is 320 cm³/mol. The van der Waals surface area contributed by atoms with Crippen LogP contribution in [-0.4, -0.2) is 141 Å². The van der Waals surface area contributed by atoms with Gasteiger partial charge in [-0.15, -0.1) is 5.75 Å². The molecule has 0 aromatic heterocycles. The van der Waals surface area contributed by atoms with E-state index in [9.17, 15) is 52.7 Å². The number of nitrogens with one attached hydrogen (secondary N) is 7. The monoisotopic (exact) mass is 1450 g/mol. The van der Waals surface area contributed by atoms with Gasteiger partial charge in [0.25, 0.3) is 0 Å². The third kappa shape index (κ3) is 41.0. The number of fused-ring (bicyclic) bond motifs is 2. The molecule has 4 aromatic rings. The number of amides is 10. The average Bonchev–Trinajstić information content (AvgIpc) is 1.27. The van der Waals surface area contributed by atoms with E-state index in [4.69, 9.17) is 17.9 Å². The van der Waals surface area contributed by atoms with Crippen molar-refractivity contribution in [3.05, 3.63) is 111 Å². The molecular formula is C58H76N10NaO16S2Tc2. The minimum atomic E-state index is -5.94. The number of rotatable bonds is 33. The molecule has 0 aliphatic heterocycles. The second-order valence-corrected chi connectivity index (χ2v) is 22.8. The molecule has 2 atom stereocenters. The summed E-state index contributed by atoms with van der Waals surface area (Å²) in [5.41, 5.74) is 4.39. The van der Waals surface area contributed by atoms with E-state index >= 15 is 0 Å². The number of benzene rings is 4. The van der Waals surface area contributed by atoms with Crippen molar-refractivity contribution < 1.29 is 135 Å². The Hall–Kier alpha value is -6.07. The van der Waals surface area contributed by atoms with Gasteiger partial charge in [0.2, 0.25) is 41.4 Å². The van der Waals surface area contributed by atoms with Crippen molar-refractivity contribution in [1.29, 1.82) is 0 Å². The fourth-order valence-corrected chi connectivity index (χ4v) is 8.14. The quantitative estimate of drug-likeness (QED) is 0.0192. The summed E-state index contributed by atoms with van der Waals surface area (Å²) in [5, 5.41) is 33.3. The molecule has 89 heavy (non-hydrogen) atoms. The zero-order valence-corrected chi connectivity index (χ0v) is 58.0. The summed E-state index contributed by atoms with van der Waals surface area (Å²) < 4.78 is 42.7. The van der Waals surface area contributed by atoms with Crippen LogP contribution in [0, 0.1) is 13.8 Å². The predicted octanol–water partition coefficient (Wildman–Crippen LogP) is 0.300. The van der Waals surface area contributed by atoms with E-state index in [0.29, 0.717) is 26.2 Å². The first-order valence-corrected chi connectivity index (χ1v) is 33.1. The van der Waals surface area contributed by atoms with E-state index in [2.05, 4.69) is 140 Å². The molecule has 26 nitrogen and oxygen atoms in total. The molecule has 0 fully saturated rings. The Morgan fingerprint density at radius 3 is 1.20 bits per heavy atom. The van der Waals surface area contributed by atoms with Crippen LogP contribution in [0.15, 0.2) is 72.8 Å². The Morgan fingerprint density at radius 1 is 0.483 bits per heavy atom. The van der Waals surface area contributed by atoms with Crippen molar-refractivity contribution in [3.63, 3.8) is 0 Å². The van der Waals surface area contributed by atoms with Crippen LogP contribution in [0.1, 0.15) is 106 Å². The zero-order valence-electron chi connectivity index (χ0n) is 50.7. The van der Waals surface area contributed by atoms with E-state index in [0.717, 1.165) is 115 Å². The van der Waals surface area contributed by atoms with Gasteiger partial charge in [0.05, 0.1) is 37.2 Å². The van der Waals surface area contributed by atoms with Crippen molar-refractivity contribution in [2.75, 3.05) is 77.0 Å². The van der Waals surface area contributed by atoms with E-state index < -0.39 is 70.0 Å². The summed E-state index contributed by atoms with van der Waals surface area (Å²) in [7, 11) is 0. The van der Waals surface area contributed by atoms with Gasteiger partial charge in [-0.3, -0.25) is 38.4 Å². The molecule has 0 spiro atoms. The molecular weight excluding hydrogens is 1380 g/mol. The van der Waals surface area contributed by atoms with Crippen LogP contribution in [0.4, 0.5) is 0 Å². The summed E-state index contributed by atoms with van der Waals surface area (Å²) >= 11 is 0.283. The number of aryl methyl sites for hydroxylation is 2. The zero-order chi connectivity index (χ0) is 66.0.